The van der Waals surface area contributed by atoms with E-state index in [2.05, 4.69) is 6.58 Å². The molecule has 62 valence electrons. The third kappa shape index (κ3) is 2.17. The van der Waals surface area contributed by atoms with E-state index in [0.29, 0.717) is 12.8 Å². The van der Waals surface area contributed by atoms with Gasteiger partial charge in [0.15, 0.2) is 0 Å². The van der Waals surface area contributed by atoms with Crippen LogP contribution >= 0.6 is 0 Å². The molecular weight excluding hydrogens is 140 g/mol. The fourth-order valence-electron chi connectivity index (χ4n) is 1.47. The van der Waals surface area contributed by atoms with Gasteiger partial charge in [0.1, 0.15) is 0 Å². The quantitative estimate of drug-likeness (QED) is 0.591. The van der Waals surface area contributed by atoms with E-state index in [1.165, 1.54) is 0 Å². The monoisotopic (exact) mass is 154 g/mol. The van der Waals surface area contributed by atoms with Gasteiger partial charge >= 0.3 is 0 Å². The lowest BCUT2D eigenvalue weighted by atomic mass is 9.85. The van der Waals surface area contributed by atoms with Gasteiger partial charge in [-0.3, -0.25) is 0 Å². The molecule has 0 fully saturated rings. The third-order valence-electron chi connectivity index (χ3n) is 1.90. The number of hydrogen-bond acceptors (Lipinski definition) is 2. The van der Waals surface area contributed by atoms with E-state index < -0.39 is 11.7 Å². The van der Waals surface area contributed by atoms with Gasteiger partial charge in [-0.05, 0) is 12.5 Å². The van der Waals surface area contributed by atoms with Crippen LogP contribution in [0.3, 0.4) is 0 Å². The zero-order valence-electron chi connectivity index (χ0n) is 6.75. The lowest BCUT2D eigenvalue weighted by Crippen LogP contribution is -2.33. The first-order chi connectivity index (χ1) is 5.03. The van der Waals surface area contributed by atoms with E-state index >= 15 is 0 Å². The zero-order valence-corrected chi connectivity index (χ0v) is 6.75. The van der Waals surface area contributed by atoms with Gasteiger partial charge in [-0.15, -0.1) is 0 Å². The zero-order chi connectivity index (χ0) is 8.48. The van der Waals surface area contributed by atoms with E-state index in [0.717, 1.165) is 5.57 Å². The molecular formula is C9H14O2. The van der Waals surface area contributed by atoms with Crippen LogP contribution < -0.4 is 0 Å². The topological polar surface area (TPSA) is 40.5 Å². The molecule has 0 radical (unpaired) electrons. The largest absolute Gasteiger partial charge is 0.390 e. The Labute approximate surface area is 66.9 Å². The van der Waals surface area contributed by atoms with Gasteiger partial charge in [-0.1, -0.05) is 18.7 Å². The van der Waals surface area contributed by atoms with Crippen LogP contribution in [0.2, 0.25) is 0 Å². The second kappa shape index (κ2) is 2.80. The Balaban J connectivity index is 2.77. The summed E-state index contributed by atoms with van der Waals surface area (Å²) in [4.78, 5) is 0. The maximum absolute atomic E-state index is 9.60. The van der Waals surface area contributed by atoms with Crippen LogP contribution in [-0.2, 0) is 0 Å². The van der Waals surface area contributed by atoms with Crippen molar-refractivity contribution < 1.29 is 10.2 Å². The number of aliphatic hydroxyl groups is 2. The summed E-state index contributed by atoms with van der Waals surface area (Å²) in [7, 11) is 0. The van der Waals surface area contributed by atoms with Crippen molar-refractivity contribution in [3.05, 3.63) is 24.3 Å². The first-order valence-electron chi connectivity index (χ1n) is 3.77. The second-order valence-corrected chi connectivity index (χ2v) is 3.39. The van der Waals surface area contributed by atoms with Crippen LogP contribution in [0.15, 0.2) is 24.3 Å². The molecule has 0 aromatic carbocycles. The van der Waals surface area contributed by atoms with E-state index in [-0.39, 0.29) is 0 Å². The Hall–Kier alpha value is -0.600. The van der Waals surface area contributed by atoms with Crippen LogP contribution in [0.25, 0.3) is 0 Å². The second-order valence-electron chi connectivity index (χ2n) is 3.39. The third-order valence-corrected chi connectivity index (χ3v) is 1.90. The Morgan fingerprint density at radius 1 is 1.82 bits per heavy atom. The van der Waals surface area contributed by atoms with Gasteiger partial charge in [0, 0.05) is 12.8 Å². The van der Waals surface area contributed by atoms with Gasteiger partial charge in [0.05, 0.1) is 11.7 Å². The highest BCUT2D eigenvalue weighted by Crippen LogP contribution is 2.28. The van der Waals surface area contributed by atoms with Crippen molar-refractivity contribution in [1.82, 2.24) is 0 Å². The average molecular weight is 154 g/mol. The highest BCUT2D eigenvalue weighted by Gasteiger charge is 2.28. The molecule has 0 saturated carbocycles. The molecule has 2 heteroatoms. The van der Waals surface area contributed by atoms with Crippen molar-refractivity contribution in [3.8, 4) is 0 Å². The standard InChI is InChI=1S/C9H14O2/c1-3-7-4-8(10)6-9(2,11)5-7/h3-4,8,10-11H,1,5-6H2,2H3/t8-,9-/m1/s1. The van der Waals surface area contributed by atoms with Crippen molar-refractivity contribution in [3.63, 3.8) is 0 Å². The van der Waals surface area contributed by atoms with Crippen LogP contribution in [0.5, 0.6) is 0 Å². The van der Waals surface area contributed by atoms with Crippen LogP contribution in [-0.4, -0.2) is 21.9 Å². The fourth-order valence-corrected chi connectivity index (χ4v) is 1.47. The lowest BCUT2D eigenvalue weighted by molar-refractivity contribution is 0.00989. The maximum atomic E-state index is 9.60. The maximum Gasteiger partial charge on any atom is 0.0754 e. The predicted octanol–water partition coefficient (Wildman–Crippen LogP) is 1.00. The van der Waals surface area contributed by atoms with E-state index in [1.54, 1.807) is 19.1 Å². The molecule has 1 rings (SSSR count). The van der Waals surface area contributed by atoms with Gasteiger partial charge in [0.2, 0.25) is 0 Å². The molecule has 0 aromatic heterocycles. The SMILES string of the molecule is C=CC1=C[C@@H](O)C[C@](C)(O)C1. The molecule has 11 heavy (non-hydrogen) atoms. The highest BCUT2D eigenvalue weighted by atomic mass is 16.3. The molecule has 2 N–H and O–H groups in total. The van der Waals surface area contributed by atoms with Gasteiger partial charge in [0.25, 0.3) is 0 Å². The van der Waals surface area contributed by atoms with Crippen molar-refractivity contribution in [2.24, 2.45) is 0 Å². The van der Waals surface area contributed by atoms with Gasteiger partial charge in [-0.2, -0.15) is 0 Å². The van der Waals surface area contributed by atoms with Crippen LogP contribution in [0, 0.1) is 0 Å². The summed E-state index contributed by atoms with van der Waals surface area (Å²) in [6, 6.07) is 0. The molecule has 0 aromatic rings. The van der Waals surface area contributed by atoms with Gasteiger partial charge in [-0.25, -0.2) is 0 Å². The van der Waals surface area contributed by atoms with Crippen molar-refractivity contribution >= 4 is 0 Å². The average Bonchev–Trinajstić information content (AvgIpc) is 1.83. The molecule has 2 atom stereocenters. The molecule has 2 nitrogen and oxygen atoms in total. The first-order valence-corrected chi connectivity index (χ1v) is 3.77. The summed E-state index contributed by atoms with van der Waals surface area (Å²) in [5.74, 6) is 0. The minimum absolute atomic E-state index is 0.421. The van der Waals surface area contributed by atoms with Crippen LogP contribution in [0.4, 0.5) is 0 Å². The Morgan fingerprint density at radius 2 is 2.45 bits per heavy atom. The summed E-state index contributed by atoms with van der Waals surface area (Å²) < 4.78 is 0. The summed E-state index contributed by atoms with van der Waals surface area (Å²) >= 11 is 0. The lowest BCUT2D eigenvalue weighted by Gasteiger charge is -2.30. The Bertz CT molecular complexity index is 192. The normalized spacial score (nSPS) is 38.1. The number of allylic oxidation sites excluding steroid dienone is 1. The highest BCUT2D eigenvalue weighted by molar-refractivity contribution is 5.23. The van der Waals surface area contributed by atoms with E-state index in [9.17, 15) is 10.2 Å². The Morgan fingerprint density at radius 3 is 2.91 bits per heavy atom. The van der Waals surface area contributed by atoms with Crippen molar-refractivity contribution in [1.29, 1.82) is 0 Å². The molecule has 0 amide bonds. The molecule has 0 aliphatic heterocycles. The molecule has 1 aliphatic rings. The predicted molar refractivity (Wildman–Crippen MR) is 44.1 cm³/mol. The smallest absolute Gasteiger partial charge is 0.0754 e. The van der Waals surface area contributed by atoms with Crippen molar-refractivity contribution in [2.45, 2.75) is 31.5 Å². The molecule has 0 heterocycles. The number of rotatable bonds is 1. The van der Waals surface area contributed by atoms with Gasteiger partial charge < -0.3 is 10.2 Å². The first kappa shape index (κ1) is 8.50. The summed E-state index contributed by atoms with van der Waals surface area (Å²) in [5.41, 5.74) is 0.159. The molecule has 0 unspecified atom stereocenters. The van der Waals surface area contributed by atoms with E-state index in [1.807, 2.05) is 0 Å². The molecule has 0 saturated heterocycles. The van der Waals surface area contributed by atoms with Crippen molar-refractivity contribution in [2.75, 3.05) is 0 Å². The van der Waals surface area contributed by atoms with E-state index in [4.69, 9.17) is 0 Å². The minimum Gasteiger partial charge on any atom is -0.390 e. The summed E-state index contributed by atoms with van der Waals surface area (Å²) in [5, 5.41) is 18.9. The Kier molecular flexibility index (Phi) is 2.16. The molecule has 0 bridgehead atoms. The number of hydrogen-bond donors (Lipinski definition) is 2. The summed E-state index contributed by atoms with van der Waals surface area (Å²) in [6.45, 7) is 5.32. The summed E-state index contributed by atoms with van der Waals surface area (Å²) in [6.07, 6.45) is 3.91. The fraction of sp³-hybridized carbons (Fsp3) is 0.556. The molecule has 0 spiro atoms. The number of aliphatic hydroxyl groups excluding tert-OH is 1. The molecule has 1 aliphatic carbocycles. The van der Waals surface area contributed by atoms with Crippen LogP contribution in [0.1, 0.15) is 19.8 Å². The minimum atomic E-state index is -0.766.